The van der Waals surface area contributed by atoms with Gasteiger partial charge in [0.1, 0.15) is 54.1 Å². The van der Waals surface area contributed by atoms with E-state index in [1.54, 1.807) is 24.5 Å². The van der Waals surface area contributed by atoms with Gasteiger partial charge in [0.15, 0.2) is 11.6 Å². The number of thiophene rings is 1. The van der Waals surface area contributed by atoms with Gasteiger partial charge >= 0.3 is 0 Å². The number of halogens is 3. The van der Waals surface area contributed by atoms with E-state index in [1.165, 1.54) is 56.0 Å². The smallest absolute Gasteiger partial charge is 0.226 e. The Morgan fingerprint density at radius 1 is 0.791 bits per heavy atom. The van der Waals surface area contributed by atoms with Crippen LogP contribution in [0.25, 0.3) is 43.2 Å². The fourth-order valence-electron chi connectivity index (χ4n) is 7.83. The van der Waals surface area contributed by atoms with Crippen molar-refractivity contribution in [1.29, 1.82) is 0 Å². The first kappa shape index (κ1) is 47.8. The molecule has 0 amide bonds. The molecule has 0 atom stereocenters. The first-order valence-electron chi connectivity index (χ1n) is 22.3. The third kappa shape index (κ3) is 11.5. The summed E-state index contributed by atoms with van der Waals surface area (Å²) < 4.78 is 39.4. The molecule has 67 heavy (non-hydrogen) atoms. The van der Waals surface area contributed by atoms with Crippen molar-refractivity contribution in [2.45, 2.75) is 33.3 Å². The van der Waals surface area contributed by atoms with Crippen LogP contribution in [0.5, 0.6) is 23.1 Å². The molecule has 1 fully saturated rings. The van der Waals surface area contributed by atoms with Gasteiger partial charge in [-0.2, -0.15) is 0 Å². The summed E-state index contributed by atoms with van der Waals surface area (Å²) in [5.74, 6) is 3.06. The summed E-state index contributed by atoms with van der Waals surface area (Å²) in [4.78, 5) is 29.3. The molecule has 2 N–H and O–H groups in total. The number of benzene rings is 3. The number of ether oxygens (including phenoxy) is 4. The summed E-state index contributed by atoms with van der Waals surface area (Å²) in [5, 5.41) is 7.92. The zero-order chi connectivity index (χ0) is 46.9. The highest BCUT2D eigenvalue weighted by Gasteiger charge is 2.28. The minimum atomic E-state index is -0.335. The molecular formula is C50H54Cl2FN9O4S. The molecule has 3 aliphatic heterocycles. The van der Waals surface area contributed by atoms with Crippen molar-refractivity contribution in [3.8, 4) is 56.1 Å². The van der Waals surface area contributed by atoms with E-state index < -0.39 is 0 Å². The van der Waals surface area contributed by atoms with Crippen molar-refractivity contribution in [3.05, 3.63) is 118 Å². The van der Waals surface area contributed by atoms with Gasteiger partial charge in [-0.15, -0.1) is 11.3 Å². The Morgan fingerprint density at radius 3 is 2.24 bits per heavy atom. The van der Waals surface area contributed by atoms with Gasteiger partial charge in [0.05, 0.1) is 27.7 Å². The van der Waals surface area contributed by atoms with Crippen molar-refractivity contribution in [2.24, 2.45) is 0 Å². The molecule has 3 aliphatic rings. The van der Waals surface area contributed by atoms with Crippen LogP contribution >= 0.6 is 34.5 Å². The van der Waals surface area contributed by atoms with E-state index in [9.17, 15) is 4.39 Å². The summed E-state index contributed by atoms with van der Waals surface area (Å²) >= 11 is 15.5. The first-order valence-corrected chi connectivity index (χ1v) is 23.8. The summed E-state index contributed by atoms with van der Waals surface area (Å²) in [6.45, 7) is 11.4. The maximum absolute atomic E-state index is 14.1. The van der Waals surface area contributed by atoms with E-state index in [4.69, 9.17) is 47.1 Å². The third-order valence-electron chi connectivity index (χ3n) is 11.6. The molecule has 1 saturated heterocycles. The Kier molecular flexibility index (Phi) is 16.0. The summed E-state index contributed by atoms with van der Waals surface area (Å²) in [5.41, 5.74) is 6.28. The van der Waals surface area contributed by atoms with Crippen molar-refractivity contribution >= 4 is 50.6 Å². The normalized spacial score (nSPS) is 14.3. The summed E-state index contributed by atoms with van der Waals surface area (Å²) in [6, 6.07) is 17.7. The van der Waals surface area contributed by atoms with Crippen LogP contribution in [0.1, 0.15) is 28.8 Å². The van der Waals surface area contributed by atoms with Gasteiger partial charge in [-0.1, -0.05) is 35.3 Å². The zero-order valence-corrected chi connectivity index (χ0v) is 40.6. The lowest BCUT2D eigenvalue weighted by Crippen LogP contribution is -2.42. The lowest BCUT2D eigenvalue weighted by molar-refractivity contribution is 0.181. The number of nitrogens with zero attached hydrogens (tertiary/aromatic N) is 7. The van der Waals surface area contributed by atoms with Crippen molar-refractivity contribution < 1.29 is 23.3 Å². The van der Waals surface area contributed by atoms with Crippen molar-refractivity contribution in [3.63, 3.8) is 0 Å². The molecule has 0 unspecified atom stereocenters. The number of anilines is 1. The number of nitrogens with one attached hydrogen (secondary N) is 2. The van der Waals surface area contributed by atoms with Gasteiger partial charge in [-0.25, -0.2) is 29.3 Å². The molecule has 17 heteroatoms. The van der Waals surface area contributed by atoms with E-state index in [2.05, 4.69) is 54.5 Å². The SMILES string of the molecule is CN1CCN(C)CC1.CNCCCNc1ccc(-c2nccc(COc3ccc4cc3CCOc3ncnc5sc(-c6ccc(F)cc6)c(c35)-c3c(C)c(Cl)c(c(Cl)c3C)OCCO4)n2)cn1. The van der Waals surface area contributed by atoms with Gasteiger partial charge in [-0.05, 0) is 119 Å². The molecule has 350 valence electrons. The van der Waals surface area contributed by atoms with Crippen LogP contribution in [-0.2, 0) is 13.0 Å². The molecule has 0 radical (unpaired) electrons. The molecule has 0 saturated carbocycles. The van der Waals surface area contributed by atoms with Crippen LogP contribution in [0.15, 0.2) is 79.4 Å². The Bertz CT molecular complexity index is 2750. The standard InChI is InChI=1S/C44H40Cl2FN7O4S.C6H14N2/c1-25-35-26(2)39(46)40(38(25)45)56-20-19-55-32-10-11-33(58-23-31-13-17-50-42(54-31)29-7-12-34(51-22-29)49-16-4-15-48-3)28(21-32)14-18-57-43-37-36(35)41(59-44(37)53-24-52-43)27-5-8-30(47)9-6-27;1-7-3-5-8(2)6-4-7/h5-13,17,21-22,24,48H,4,14-16,18-20,23H2,1-3H3,(H,49,51);3-6H2,1-2H3. The lowest BCUT2D eigenvalue weighted by Gasteiger charge is -2.28. The summed E-state index contributed by atoms with van der Waals surface area (Å²) in [7, 11) is 6.29. The fraction of sp³-hybridized carbons (Fsp3) is 0.340. The number of likely N-dealkylation sites (N-methyl/N-ethyl adjacent to an activating group) is 2. The number of aromatic nitrogens is 5. The van der Waals surface area contributed by atoms with Crippen LogP contribution in [-0.4, -0.2) is 115 Å². The van der Waals surface area contributed by atoms with Crippen LogP contribution in [0, 0.1) is 19.7 Å². The van der Waals surface area contributed by atoms with Crippen molar-refractivity contribution in [1.82, 2.24) is 40.0 Å². The maximum atomic E-state index is 14.1. The van der Waals surface area contributed by atoms with Crippen LogP contribution in [0.2, 0.25) is 10.0 Å². The maximum Gasteiger partial charge on any atom is 0.226 e. The van der Waals surface area contributed by atoms with Gasteiger partial charge in [0.25, 0.3) is 0 Å². The Morgan fingerprint density at radius 2 is 1.52 bits per heavy atom. The predicted molar refractivity (Wildman–Crippen MR) is 266 cm³/mol. The molecule has 0 aliphatic carbocycles. The molecule has 10 rings (SSSR count). The molecular weight excluding hydrogens is 913 g/mol. The van der Waals surface area contributed by atoms with Crippen molar-refractivity contribution in [2.75, 3.05) is 85.5 Å². The van der Waals surface area contributed by atoms with E-state index in [0.717, 1.165) is 69.1 Å². The topological polar surface area (TPSA) is 132 Å². The second-order valence-electron chi connectivity index (χ2n) is 16.4. The average Bonchev–Trinajstić information content (AvgIpc) is 3.73. The van der Waals surface area contributed by atoms with Gasteiger partial charge in [0.2, 0.25) is 5.88 Å². The highest BCUT2D eigenvalue weighted by atomic mass is 35.5. The molecule has 4 aromatic heterocycles. The number of hydrogen-bond donors (Lipinski definition) is 2. The highest BCUT2D eigenvalue weighted by molar-refractivity contribution is 7.22. The molecule has 7 heterocycles. The number of pyridine rings is 1. The van der Waals surface area contributed by atoms with E-state index in [1.807, 2.05) is 57.3 Å². The number of fused-ring (bicyclic) bond motifs is 7. The number of rotatable bonds is 10. The highest BCUT2D eigenvalue weighted by Crippen LogP contribution is 2.52. The predicted octanol–water partition coefficient (Wildman–Crippen LogP) is 9.80. The summed E-state index contributed by atoms with van der Waals surface area (Å²) in [6.07, 6.45) is 6.42. The molecule has 0 spiro atoms. The molecule has 7 aromatic rings. The largest absolute Gasteiger partial charge is 0.490 e. The second-order valence-corrected chi connectivity index (χ2v) is 18.2. The van der Waals surface area contributed by atoms with Crippen LogP contribution in [0.4, 0.5) is 10.2 Å². The van der Waals surface area contributed by atoms with E-state index in [-0.39, 0.29) is 32.2 Å². The van der Waals surface area contributed by atoms with Gasteiger partial charge in [-0.3, -0.25) is 0 Å². The zero-order valence-electron chi connectivity index (χ0n) is 38.3. The minimum absolute atomic E-state index is 0.191. The number of piperazine rings is 1. The number of hydrogen-bond acceptors (Lipinski definition) is 14. The quantitative estimate of drug-likeness (QED) is 0.126. The Balaban J connectivity index is 0.000000689. The minimum Gasteiger partial charge on any atom is -0.490 e. The van der Waals surface area contributed by atoms with E-state index >= 15 is 0 Å². The average molecular weight is 967 g/mol. The first-order chi connectivity index (χ1) is 32.6. The van der Waals surface area contributed by atoms with Gasteiger partial charge < -0.3 is 39.4 Å². The molecule has 3 aromatic carbocycles. The Hall–Kier alpha value is -5.68. The van der Waals surface area contributed by atoms with Crippen LogP contribution < -0.4 is 29.6 Å². The molecule has 13 nitrogen and oxygen atoms in total. The van der Waals surface area contributed by atoms with E-state index in [0.29, 0.717) is 61.3 Å². The van der Waals surface area contributed by atoms with Gasteiger partial charge in [0, 0.05) is 73.1 Å². The lowest BCUT2D eigenvalue weighted by atomic mass is 9.92. The Labute approximate surface area is 404 Å². The van der Waals surface area contributed by atoms with Crippen LogP contribution in [0.3, 0.4) is 0 Å². The monoisotopic (exact) mass is 965 g/mol. The third-order valence-corrected chi connectivity index (χ3v) is 13.7. The second kappa shape index (κ2) is 22.4. The fourth-order valence-corrected chi connectivity index (χ4v) is 9.51. The molecule has 4 bridgehead atoms.